The normalized spacial score (nSPS) is 25.9. The van der Waals surface area contributed by atoms with Crippen molar-refractivity contribution in [1.82, 2.24) is 24.7 Å². The van der Waals surface area contributed by atoms with Crippen LogP contribution in [-0.4, -0.2) is 56.6 Å². The minimum atomic E-state index is 0.224. The van der Waals surface area contributed by atoms with Crippen molar-refractivity contribution in [3.63, 3.8) is 0 Å². The van der Waals surface area contributed by atoms with Crippen LogP contribution in [0.4, 0.5) is 11.8 Å². The fraction of sp³-hybridized carbons (Fsp3) is 0.700. The smallest absolute Gasteiger partial charge is 0.227 e. The van der Waals surface area contributed by atoms with Crippen LogP contribution in [0.1, 0.15) is 51.3 Å². The summed E-state index contributed by atoms with van der Waals surface area (Å²) in [5, 5.41) is 12.0. The number of aromatic nitrogens is 5. The zero-order valence-electron chi connectivity index (χ0n) is 17.1. The van der Waals surface area contributed by atoms with Crippen LogP contribution in [0.25, 0.3) is 0 Å². The Hall–Kier alpha value is -2.22. The molecule has 2 aliphatic rings. The molecule has 0 aromatic carbocycles. The zero-order valence-corrected chi connectivity index (χ0v) is 17.1. The standard InChI is InChI=1S/C20H31N7O/c1-14(2)18-16(7-5-11-28-18)23-17-8-9-21-20(24-17)27-10-4-6-15(12-27)19-25-22-13-26(19)3/h8-9,13-16,18H,4-7,10-12H2,1-3H3,(H,21,23,24). The van der Waals surface area contributed by atoms with Gasteiger partial charge in [-0.05, 0) is 37.7 Å². The quantitative estimate of drug-likeness (QED) is 0.847. The summed E-state index contributed by atoms with van der Waals surface area (Å²) in [7, 11) is 2.01. The Balaban J connectivity index is 1.46. The van der Waals surface area contributed by atoms with Gasteiger partial charge in [-0.1, -0.05) is 13.8 Å². The maximum atomic E-state index is 6.01. The minimum absolute atomic E-state index is 0.224. The molecule has 2 saturated heterocycles. The van der Waals surface area contributed by atoms with Crippen LogP contribution in [0.2, 0.25) is 0 Å². The summed E-state index contributed by atoms with van der Waals surface area (Å²) < 4.78 is 8.02. The predicted octanol–water partition coefficient (Wildman–Crippen LogP) is 2.60. The molecule has 0 aliphatic carbocycles. The molecule has 0 radical (unpaired) electrons. The fourth-order valence-electron chi connectivity index (χ4n) is 4.42. The maximum Gasteiger partial charge on any atom is 0.227 e. The molecule has 152 valence electrons. The third-order valence-corrected chi connectivity index (χ3v) is 5.82. The molecule has 0 amide bonds. The number of hydrogen-bond donors (Lipinski definition) is 1. The molecule has 0 saturated carbocycles. The first-order valence-electron chi connectivity index (χ1n) is 10.4. The van der Waals surface area contributed by atoms with Gasteiger partial charge in [0.25, 0.3) is 0 Å². The van der Waals surface area contributed by atoms with Crippen LogP contribution in [-0.2, 0) is 11.8 Å². The van der Waals surface area contributed by atoms with E-state index in [0.29, 0.717) is 17.9 Å². The van der Waals surface area contributed by atoms with Crippen molar-refractivity contribution in [3.05, 3.63) is 24.4 Å². The molecule has 3 unspecified atom stereocenters. The second-order valence-electron chi connectivity index (χ2n) is 8.30. The highest BCUT2D eigenvalue weighted by atomic mass is 16.5. The summed E-state index contributed by atoms with van der Waals surface area (Å²) in [4.78, 5) is 11.6. The number of aryl methyl sites for hydroxylation is 1. The summed E-state index contributed by atoms with van der Waals surface area (Å²) in [6, 6.07) is 2.25. The Kier molecular flexibility index (Phi) is 5.75. The van der Waals surface area contributed by atoms with Crippen molar-refractivity contribution in [1.29, 1.82) is 0 Å². The molecule has 2 aromatic rings. The van der Waals surface area contributed by atoms with Crippen molar-refractivity contribution in [2.45, 2.75) is 57.6 Å². The third-order valence-electron chi connectivity index (χ3n) is 5.82. The number of hydrogen-bond acceptors (Lipinski definition) is 7. The van der Waals surface area contributed by atoms with Crippen LogP contribution in [0, 0.1) is 5.92 Å². The summed E-state index contributed by atoms with van der Waals surface area (Å²) in [5.74, 6) is 3.55. The van der Waals surface area contributed by atoms with Crippen LogP contribution >= 0.6 is 0 Å². The molecule has 0 spiro atoms. The second kappa shape index (κ2) is 8.43. The number of anilines is 2. The summed E-state index contributed by atoms with van der Waals surface area (Å²) in [5.41, 5.74) is 0. The van der Waals surface area contributed by atoms with E-state index in [1.165, 1.54) is 0 Å². The topological polar surface area (TPSA) is 81.0 Å². The lowest BCUT2D eigenvalue weighted by Crippen LogP contribution is -2.43. The number of nitrogens with one attached hydrogen (secondary N) is 1. The Morgan fingerprint density at radius 2 is 2.14 bits per heavy atom. The van der Waals surface area contributed by atoms with Crippen LogP contribution in [0.15, 0.2) is 18.6 Å². The summed E-state index contributed by atoms with van der Waals surface area (Å²) in [6.45, 7) is 7.14. The lowest BCUT2D eigenvalue weighted by atomic mass is 9.94. The Morgan fingerprint density at radius 1 is 1.25 bits per heavy atom. The molecule has 4 heterocycles. The van der Waals surface area contributed by atoms with Gasteiger partial charge in [-0.15, -0.1) is 10.2 Å². The molecule has 8 heteroatoms. The Morgan fingerprint density at radius 3 is 2.93 bits per heavy atom. The Bertz CT molecular complexity index is 777. The van der Waals surface area contributed by atoms with Crippen molar-refractivity contribution in [2.75, 3.05) is 29.9 Å². The van der Waals surface area contributed by atoms with Gasteiger partial charge < -0.3 is 19.5 Å². The number of nitrogens with zero attached hydrogens (tertiary/aromatic N) is 6. The van der Waals surface area contributed by atoms with Gasteiger partial charge in [0.15, 0.2) is 0 Å². The first-order valence-corrected chi connectivity index (χ1v) is 10.4. The lowest BCUT2D eigenvalue weighted by Gasteiger charge is -2.35. The molecule has 0 bridgehead atoms. The number of ether oxygens (including phenoxy) is 1. The monoisotopic (exact) mass is 385 g/mol. The highest BCUT2D eigenvalue weighted by molar-refractivity contribution is 5.43. The molecule has 2 fully saturated rings. The minimum Gasteiger partial charge on any atom is -0.376 e. The largest absolute Gasteiger partial charge is 0.376 e. The average Bonchev–Trinajstić information content (AvgIpc) is 3.14. The average molecular weight is 386 g/mol. The lowest BCUT2D eigenvalue weighted by molar-refractivity contribution is -0.0203. The van der Waals surface area contributed by atoms with E-state index < -0.39 is 0 Å². The van der Waals surface area contributed by atoms with E-state index in [0.717, 1.165) is 63.0 Å². The van der Waals surface area contributed by atoms with Gasteiger partial charge in [-0.25, -0.2) is 4.98 Å². The fourth-order valence-corrected chi connectivity index (χ4v) is 4.42. The Labute approximate surface area is 166 Å². The number of rotatable bonds is 5. The van der Waals surface area contributed by atoms with Gasteiger partial charge >= 0.3 is 0 Å². The van der Waals surface area contributed by atoms with E-state index in [2.05, 4.69) is 39.2 Å². The number of piperidine rings is 1. The molecule has 1 N–H and O–H groups in total. The SMILES string of the molecule is CC(C)C1OCCCC1Nc1ccnc(N2CCCC(c3nncn3C)C2)n1. The van der Waals surface area contributed by atoms with E-state index in [4.69, 9.17) is 9.72 Å². The van der Waals surface area contributed by atoms with Gasteiger partial charge in [0.1, 0.15) is 18.0 Å². The zero-order chi connectivity index (χ0) is 19.5. The molecular weight excluding hydrogens is 354 g/mol. The van der Waals surface area contributed by atoms with E-state index >= 15 is 0 Å². The van der Waals surface area contributed by atoms with Crippen molar-refractivity contribution in [2.24, 2.45) is 13.0 Å². The van der Waals surface area contributed by atoms with Crippen molar-refractivity contribution < 1.29 is 4.74 Å². The molecule has 3 atom stereocenters. The highest BCUT2D eigenvalue weighted by Gasteiger charge is 2.29. The van der Waals surface area contributed by atoms with Crippen LogP contribution < -0.4 is 10.2 Å². The molecular formula is C20H31N7O. The van der Waals surface area contributed by atoms with Gasteiger partial charge in [0.2, 0.25) is 5.95 Å². The molecule has 4 rings (SSSR count). The van der Waals surface area contributed by atoms with E-state index in [9.17, 15) is 0 Å². The van der Waals surface area contributed by atoms with Crippen LogP contribution in [0.5, 0.6) is 0 Å². The van der Waals surface area contributed by atoms with Gasteiger partial charge in [-0.3, -0.25) is 0 Å². The van der Waals surface area contributed by atoms with Crippen molar-refractivity contribution in [3.8, 4) is 0 Å². The summed E-state index contributed by atoms with van der Waals surface area (Å²) in [6.07, 6.45) is 8.27. The van der Waals surface area contributed by atoms with Crippen LogP contribution in [0.3, 0.4) is 0 Å². The molecule has 2 aromatic heterocycles. The second-order valence-corrected chi connectivity index (χ2v) is 8.30. The van der Waals surface area contributed by atoms with Crippen molar-refractivity contribution >= 4 is 11.8 Å². The predicted molar refractivity (Wildman–Crippen MR) is 108 cm³/mol. The first kappa shape index (κ1) is 19.1. The molecule has 2 aliphatic heterocycles. The van der Waals surface area contributed by atoms with Gasteiger partial charge in [0.05, 0.1) is 12.1 Å². The van der Waals surface area contributed by atoms with Gasteiger partial charge in [-0.2, -0.15) is 4.98 Å². The summed E-state index contributed by atoms with van der Waals surface area (Å²) >= 11 is 0. The maximum absolute atomic E-state index is 6.01. The van der Waals surface area contributed by atoms with E-state index in [-0.39, 0.29) is 6.10 Å². The molecule has 8 nitrogen and oxygen atoms in total. The molecule has 28 heavy (non-hydrogen) atoms. The first-order chi connectivity index (χ1) is 13.6. The highest BCUT2D eigenvalue weighted by Crippen LogP contribution is 2.28. The third kappa shape index (κ3) is 4.11. The van der Waals surface area contributed by atoms with E-state index in [1.807, 2.05) is 23.9 Å². The van der Waals surface area contributed by atoms with Gasteiger partial charge in [0, 0.05) is 38.9 Å². The van der Waals surface area contributed by atoms with E-state index in [1.54, 1.807) is 6.33 Å².